The van der Waals surface area contributed by atoms with Gasteiger partial charge in [-0.05, 0) is 25.5 Å². The van der Waals surface area contributed by atoms with Crippen LogP contribution in [-0.4, -0.2) is 10.7 Å². The summed E-state index contributed by atoms with van der Waals surface area (Å²) in [5, 5.41) is 1.23. The lowest BCUT2D eigenvalue weighted by Gasteiger charge is -2.14. The van der Waals surface area contributed by atoms with Gasteiger partial charge in [0.1, 0.15) is 0 Å². The fraction of sp³-hybridized carbons (Fsp3) is 0.333. The van der Waals surface area contributed by atoms with Gasteiger partial charge < -0.3 is 5.43 Å². The van der Waals surface area contributed by atoms with Crippen LogP contribution in [0.15, 0.2) is 30.3 Å². The Morgan fingerprint density at radius 1 is 1.43 bits per heavy atom. The molecule has 1 atom stereocenters. The summed E-state index contributed by atoms with van der Waals surface area (Å²) in [5.41, 5.74) is 4.56. The molecule has 0 aliphatic rings. The number of rotatable bonds is 3. The second-order valence-electron chi connectivity index (χ2n) is 3.61. The standard InChI is InChI=1S/C12H15N2/c1-3-10(2)13-14-9-8-11-6-4-5-7-12(11)14/h4-8,10,13H,3H2,1-2H3. The highest BCUT2D eigenvalue weighted by molar-refractivity contribution is 5.79. The third kappa shape index (κ3) is 1.60. The van der Waals surface area contributed by atoms with Gasteiger partial charge in [0.05, 0.1) is 11.7 Å². The van der Waals surface area contributed by atoms with Crippen molar-refractivity contribution in [1.82, 2.24) is 4.68 Å². The molecule has 1 unspecified atom stereocenters. The molecule has 1 aromatic heterocycles. The SMILES string of the molecule is CCC(C)Nn1[c]cc2ccccc21. The molecule has 0 spiro atoms. The Hall–Kier alpha value is -1.44. The zero-order chi connectivity index (χ0) is 9.97. The van der Waals surface area contributed by atoms with Gasteiger partial charge in [-0.2, -0.15) is 0 Å². The molecule has 1 aromatic carbocycles. The Morgan fingerprint density at radius 3 is 3.00 bits per heavy atom. The predicted octanol–water partition coefficient (Wildman–Crippen LogP) is 2.78. The molecule has 1 N–H and O–H groups in total. The van der Waals surface area contributed by atoms with Crippen LogP contribution in [0.5, 0.6) is 0 Å². The quantitative estimate of drug-likeness (QED) is 0.781. The summed E-state index contributed by atoms with van der Waals surface area (Å²) in [5.74, 6) is 0. The van der Waals surface area contributed by atoms with Crippen molar-refractivity contribution in [2.45, 2.75) is 26.3 Å². The van der Waals surface area contributed by atoms with Crippen LogP contribution in [0.4, 0.5) is 0 Å². The summed E-state index contributed by atoms with van der Waals surface area (Å²) in [7, 11) is 0. The minimum atomic E-state index is 0.474. The molecule has 0 amide bonds. The molecule has 0 aliphatic heterocycles. The number of benzene rings is 1. The molecule has 0 fully saturated rings. The second-order valence-corrected chi connectivity index (χ2v) is 3.61. The normalized spacial score (nSPS) is 13.0. The molecule has 2 rings (SSSR count). The molecule has 73 valence electrons. The molecule has 0 aliphatic carbocycles. The molecular weight excluding hydrogens is 172 g/mol. The van der Waals surface area contributed by atoms with Gasteiger partial charge in [-0.25, -0.2) is 0 Å². The Morgan fingerprint density at radius 2 is 2.21 bits per heavy atom. The van der Waals surface area contributed by atoms with Gasteiger partial charge in [0.15, 0.2) is 0 Å². The van der Waals surface area contributed by atoms with Gasteiger partial charge in [-0.3, -0.25) is 4.68 Å². The van der Waals surface area contributed by atoms with E-state index in [9.17, 15) is 0 Å². The van der Waals surface area contributed by atoms with Gasteiger partial charge in [0, 0.05) is 11.4 Å². The Labute approximate surface area is 84.5 Å². The molecule has 1 heterocycles. The number of hydrogen-bond acceptors (Lipinski definition) is 1. The first-order chi connectivity index (χ1) is 6.81. The van der Waals surface area contributed by atoms with E-state index >= 15 is 0 Å². The second kappa shape index (κ2) is 3.74. The van der Waals surface area contributed by atoms with Gasteiger partial charge in [0.2, 0.25) is 0 Å². The first kappa shape index (κ1) is 9.13. The van der Waals surface area contributed by atoms with Gasteiger partial charge >= 0.3 is 0 Å². The van der Waals surface area contributed by atoms with Crippen molar-refractivity contribution in [3.63, 3.8) is 0 Å². The van der Waals surface area contributed by atoms with Crippen molar-refractivity contribution in [2.24, 2.45) is 0 Å². The summed E-state index contributed by atoms with van der Waals surface area (Å²) in [6.45, 7) is 4.34. The summed E-state index contributed by atoms with van der Waals surface area (Å²) in [6.07, 6.45) is 4.30. The fourth-order valence-corrected chi connectivity index (χ4v) is 1.44. The number of nitrogens with zero attached hydrogens (tertiary/aromatic N) is 1. The average Bonchev–Trinajstić information content (AvgIpc) is 2.62. The van der Waals surface area contributed by atoms with Crippen molar-refractivity contribution in [2.75, 3.05) is 5.43 Å². The minimum Gasteiger partial charge on any atom is -0.322 e. The summed E-state index contributed by atoms with van der Waals surface area (Å²) in [6, 6.07) is 10.8. The van der Waals surface area contributed by atoms with E-state index in [1.54, 1.807) is 0 Å². The molecule has 14 heavy (non-hydrogen) atoms. The minimum absolute atomic E-state index is 0.474. The van der Waals surface area contributed by atoms with E-state index in [0.29, 0.717) is 6.04 Å². The van der Waals surface area contributed by atoms with E-state index in [0.717, 1.165) is 6.42 Å². The van der Waals surface area contributed by atoms with Crippen LogP contribution >= 0.6 is 0 Å². The van der Waals surface area contributed by atoms with Crippen molar-refractivity contribution in [1.29, 1.82) is 0 Å². The molecule has 1 radical (unpaired) electrons. The number of aromatic nitrogens is 1. The van der Waals surface area contributed by atoms with Crippen molar-refractivity contribution >= 4 is 10.9 Å². The predicted molar refractivity (Wildman–Crippen MR) is 59.9 cm³/mol. The highest BCUT2D eigenvalue weighted by atomic mass is 15.4. The lowest BCUT2D eigenvalue weighted by molar-refractivity contribution is 0.674. The van der Waals surface area contributed by atoms with Crippen molar-refractivity contribution < 1.29 is 0 Å². The smallest absolute Gasteiger partial charge is 0.0890 e. The zero-order valence-corrected chi connectivity index (χ0v) is 8.62. The molecule has 0 saturated heterocycles. The van der Waals surface area contributed by atoms with E-state index in [1.165, 1.54) is 10.9 Å². The largest absolute Gasteiger partial charge is 0.322 e. The van der Waals surface area contributed by atoms with Crippen LogP contribution in [0.1, 0.15) is 20.3 Å². The third-order valence-electron chi connectivity index (χ3n) is 2.49. The van der Waals surface area contributed by atoms with E-state index in [1.807, 2.05) is 22.9 Å². The van der Waals surface area contributed by atoms with Crippen LogP contribution in [0, 0.1) is 6.20 Å². The summed E-state index contributed by atoms with van der Waals surface area (Å²) >= 11 is 0. The zero-order valence-electron chi connectivity index (χ0n) is 8.62. The van der Waals surface area contributed by atoms with Crippen LogP contribution in [0.2, 0.25) is 0 Å². The first-order valence-corrected chi connectivity index (χ1v) is 5.06. The van der Waals surface area contributed by atoms with Crippen molar-refractivity contribution in [3.05, 3.63) is 36.5 Å². The fourth-order valence-electron chi connectivity index (χ4n) is 1.44. The Bertz CT molecular complexity index is 417. The summed E-state index contributed by atoms with van der Waals surface area (Å²) in [4.78, 5) is 0. The Kier molecular flexibility index (Phi) is 2.44. The average molecular weight is 187 g/mol. The first-order valence-electron chi connectivity index (χ1n) is 5.06. The van der Waals surface area contributed by atoms with Crippen LogP contribution in [0.25, 0.3) is 10.9 Å². The third-order valence-corrected chi connectivity index (χ3v) is 2.49. The maximum absolute atomic E-state index is 3.38. The molecule has 0 saturated carbocycles. The number of hydrogen-bond donors (Lipinski definition) is 1. The lowest BCUT2D eigenvalue weighted by Crippen LogP contribution is -2.23. The number of nitrogens with one attached hydrogen (secondary N) is 1. The molecule has 2 aromatic rings. The van der Waals surface area contributed by atoms with Crippen LogP contribution < -0.4 is 5.43 Å². The van der Waals surface area contributed by atoms with E-state index < -0.39 is 0 Å². The number of fused-ring (bicyclic) bond motifs is 1. The maximum atomic E-state index is 3.38. The lowest BCUT2D eigenvalue weighted by atomic mass is 10.2. The Balaban J connectivity index is 2.33. The molecule has 0 bridgehead atoms. The monoisotopic (exact) mass is 187 g/mol. The molecule has 2 nitrogen and oxygen atoms in total. The highest BCUT2D eigenvalue weighted by Gasteiger charge is 2.02. The molecular formula is C12H15N2. The van der Waals surface area contributed by atoms with E-state index in [-0.39, 0.29) is 0 Å². The summed E-state index contributed by atoms with van der Waals surface area (Å²) < 4.78 is 1.98. The van der Waals surface area contributed by atoms with E-state index in [2.05, 4.69) is 37.6 Å². The van der Waals surface area contributed by atoms with Gasteiger partial charge in [0.25, 0.3) is 0 Å². The van der Waals surface area contributed by atoms with Gasteiger partial charge in [-0.15, -0.1) is 0 Å². The van der Waals surface area contributed by atoms with Crippen molar-refractivity contribution in [3.8, 4) is 0 Å². The van der Waals surface area contributed by atoms with E-state index in [4.69, 9.17) is 0 Å². The number of para-hydroxylation sites is 1. The highest BCUT2D eigenvalue weighted by Crippen LogP contribution is 2.13. The van der Waals surface area contributed by atoms with Crippen LogP contribution in [-0.2, 0) is 0 Å². The maximum Gasteiger partial charge on any atom is 0.0890 e. The van der Waals surface area contributed by atoms with Gasteiger partial charge in [-0.1, -0.05) is 25.1 Å². The molecule has 2 heteroatoms. The van der Waals surface area contributed by atoms with Crippen LogP contribution in [0.3, 0.4) is 0 Å². The topological polar surface area (TPSA) is 17.0 Å².